The van der Waals surface area contributed by atoms with E-state index < -0.39 is 0 Å². The van der Waals surface area contributed by atoms with Gasteiger partial charge in [0, 0.05) is 25.0 Å². The first-order valence-corrected chi connectivity index (χ1v) is 5.53. The predicted molar refractivity (Wildman–Crippen MR) is 65.2 cm³/mol. The highest BCUT2D eigenvalue weighted by Crippen LogP contribution is 2.29. The molecule has 1 aliphatic rings. The largest absolute Gasteiger partial charge is 0.399 e. The fourth-order valence-corrected chi connectivity index (χ4v) is 1.61. The highest BCUT2D eigenvalue weighted by molar-refractivity contribution is 5.89. The molecule has 4 nitrogen and oxygen atoms in total. The second-order valence-corrected chi connectivity index (χ2v) is 4.38. The summed E-state index contributed by atoms with van der Waals surface area (Å²) in [6.45, 7) is 0.841. The molecule has 0 aliphatic heterocycles. The molecule has 2 rings (SSSR count). The van der Waals surface area contributed by atoms with Gasteiger partial charge in [-0.3, -0.25) is 0 Å². The van der Waals surface area contributed by atoms with E-state index in [-0.39, 0.29) is 6.03 Å². The molecule has 1 aromatic carbocycles. The van der Waals surface area contributed by atoms with Gasteiger partial charge in [0.1, 0.15) is 0 Å². The number of nitrogens with zero attached hydrogens (tertiary/aromatic N) is 1. The minimum Gasteiger partial charge on any atom is -0.399 e. The van der Waals surface area contributed by atoms with Crippen LogP contribution in [0.3, 0.4) is 0 Å². The number of carbonyl (C=O) groups is 1. The van der Waals surface area contributed by atoms with Crippen molar-refractivity contribution in [1.29, 1.82) is 0 Å². The monoisotopic (exact) mass is 219 g/mol. The van der Waals surface area contributed by atoms with Crippen LogP contribution in [0.15, 0.2) is 24.3 Å². The van der Waals surface area contributed by atoms with Crippen LogP contribution in [0.5, 0.6) is 0 Å². The number of hydrogen-bond acceptors (Lipinski definition) is 2. The third-order valence-electron chi connectivity index (χ3n) is 2.71. The second kappa shape index (κ2) is 4.43. The fourth-order valence-electron chi connectivity index (χ4n) is 1.61. The Morgan fingerprint density at radius 1 is 1.56 bits per heavy atom. The molecule has 1 aromatic rings. The molecule has 2 amide bonds. The summed E-state index contributed by atoms with van der Waals surface area (Å²) in [5.41, 5.74) is 7.03. The van der Waals surface area contributed by atoms with Crippen molar-refractivity contribution in [3.8, 4) is 0 Å². The number of anilines is 2. The Morgan fingerprint density at radius 2 is 2.31 bits per heavy atom. The molecule has 0 aromatic heterocycles. The van der Waals surface area contributed by atoms with Gasteiger partial charge in [0.25, 0.3) is 0 Å². The highest BCUT2D eigenvalue weighted by atomic mass is 16.2. The maximum Gasteiger partial charge on any atom is 0.321 e. The minimum absolute atomic E-state index is 0.0718. The average Bonchev–Trinajstić information content (AvgIpc) is 3.01. The second-order valence-electron chi connectivity index (χ2n) is 4.38. The Hall–Kier alpha value is -1.71. The van der Waals surface area contributed by atoms with Gasteiger partial charge in [-0.2, -0.15) is 0 Å². The summed E-state index contributed by atoms with van der Waals surface area (Å²) in [5, 5.41) is 2.82. The highest BCUT2D eigenvalue weighted by Gasteiger charge is 2.24. The van der Waals surface area contributed by atoms with Crippen LogP contribution in [0, 0.1) is 5.92 Å². The molecule has 1 aliphatic carbocycles. The lowest BCUT2D eigenvalue weighted by molar-refractivity contribution is 0.220. The van der Waals surface area contributed by atoms with E-state index in [1.807, 2.05) is 19.2 Å². The number of nitrogens with one attached hydrogen (secondary N) is 1. The number of carbonyl (C=O) groups excluding carboxylic acids is 1. The van der Waals surface area contributed by atoms with Crippen molar-refractivity contribution in [2.75, 3.05) is 24.6 Å². The van der Waals surface area contributed by atoms with Crippen LogP contribution in [-0.4, -0.2) is 24.5 Å². The van der Waals surface area contributed by atoms with Crippen LogP contribution < -0.4 is 11.1 Å². The molecule has 0 atom stereocenters. The van der Waals surface area contributed by atoms with E-state index in [4.69, 9.17) is 5.73 Å². The van der Waals surface area contributed by atoms with Crippen molar-refractivity contribution in [2.45, 2.75) is 12.8 Å². The number of amides is 2. The number of rotatable bonds is 3. The van der Waals surface area contributed by atoms with Crippen molar-refractivity contribution in [3.05, 3.63) is 24.3 Å². The third kappa shape index (κ3) is 2.89. The summed E-state index contributed by atoms with van der Waals surface area (Å²) in [4.78, 5) is 13.5. The maximum absolute atomic E-state index is 11.8. The van der Waals surface area contributed by atoms with Crippen molar-refractivity contribution in [2.24, 2.45) is 5.92 Å². The summed E-state index contributed by atoms with van der Waals surface area (Å²) in [6.07, 6.45) is 2.49. The van der Waals surface area contributed by atoms with Gasteiger partial charge in [0.15, 0.2) is 0 Å². The van der Waals surface area contributed by atoms with Gasteiger partial charge in [-0.25, -0.2) is 4.79 Å². The number of hydrogen-bond donors (Lipinski definition) is 2. The van der Waals surface area contributed by atoms with E-state index in [1.165, 1.54) is 12.8 Å². The number of nitrogen functional groups attached to an aromatic ring is 1. The van der Waals surface area contributed by atoms with Crippen molar-refractivity contribution < 1.29 is 4.79 Å². The van der Waals surface area contributed by atoms with Crippen molar-refractivity contribution in [1.82, 2.24) is 4.90 Å². The van der Waals surface area contributed by atoms with Crippen LogP contribution in [0.2, 0.25) is 0 Å². The summed E-state index contributed by atoms with van der Waals surface area (Å²) in [6, 6.07) is 7.13. The Balaban J connectivity index is 1.90. The van der Waals surface area contributed by atoms with Crippen LogP contribution >= 0.6 is 0 Å². The number of urea groups is 1. The average molecular weight is 219 g/mol. The van der Waals surface area contributed by atoms with Gasteiger partial charge in [-0.1, -0.05) is 6.07 Å². The standard InChI is InChI=1S/C12H17N3O/c1-15(8-9-5-6-9)12(16)14-11-4-2-3-10(13)7-11/h2-4,7,9H,5-6,8,13H2,1H3,(H,14,16). The number of nitrogens with two attached hydrogens (primary N) is 1. The van der Waals surface area contributed by atoms with E-state index in [0.717, 1.165) is 12.2 Å². The molecule has 0 spiro atoms. The molecule has 0 heterocycles. The quantitative estimate of drug-likeness (QED) is 0.765. The van der Waals surface area contributed by atoms with E-state index in [2.05, 4.69) is 5.32 Å². The molecule has 16 heavy (non-hydrogen) atoms. The molecule has 0 bridgehead atoms. The Kier molecular flexibility index (Phi) is 2.99. The van der Waals surface area contributed by atoms with Gasteiger partial charge >= 0.3 is 6.03 Å². The lowest BCUT2D eigenvalue weighted by atomic mass is 10.3. The van der Waals surface area contributed by atoms with E-state index >= 15 is 0 Å². The molecular weight excluding hydrogens is 202 g/mol. The van der Waals surface area contributed by atoms with Crippen LogP contribution in [0.1, 0.15) is 12.8 Å². The van der Waals surface area contributed by atoms with Gasteiger partial charge in [0.2, 0.25) is 0 Å². The zero-order chi connectivity index (χ0) is 11.5. The molecule has 1 saturated carbocycles. The molecule has 4 heteroatoms. The van der Waals surface area contributed by atoms with E-state index in [0.29, 0.717) is 11.6 Å². The summed E-state index contributed by atoms with van der Waals surface area (Å²) < 4.78 is 0. The van der Waals surface area contributed by atoms with Crippen molar-refractivity contribution >= 4 is 17.4 Å². The first-order chi connectivity index (χ1) is 7.65. The Bertz CT molecular complexity index is 388. The first-order valence-electron chi connectivity index (χ1n) is 5.53. The van der Waals surface area contributed by atoms with Crippen LogP contribution in [0.4, 0.5) is 16.2 Å². The first kappa shape index (κ1) is 10.8. The lowest BCUT2D eigenvalue weighted by Gasteiger charge is -2.17. The van der Waals surface area contributed by atoms with Gasteiger partial charge in [0.05, 0.1) is 0 Å². The minimum atomic E-state index is -0.0718. The lowest BCUT2D eigenvalue weighted by Crippen LogP contribution is -2.32. The normalized spacial score (nSPS) is 14.6. The maximum atomic E-state index is 11.8. The van der Waals surface area contributed by atoms with Gasteiger partial charge in [-0.05, 0) is 37.0 Å². The summed E-state index contributed by atoms with van der Waals surface area (Å²) in [7, 11) is 1.82. The van der Waals surface area contributed by atoms with Crippen LogP contribution in [-0.2, 0) is 0 Å². The summed E-state index contributed by atoms with van der Waals surface area (Å²) >= 11 is 0. The molecule has 1 fully saturated rings. The zero-order valence-corrected chi connectivity index (χ0v) is 9.44. The molecule has 0 radical (unpaired) electrons. The third-order valence-corrected chi connectivity index (χ3v) is 2.71. The van der Waals surface area contributed by atoms with Crippen molar-refractivity contribution in [3.63, 3.8) is 0 Å². The molecule has 86 valence electrons. The smallest absolute Gasteiger partial charge is 0.321 e. The summed E-state index contributed by atoms with van der Waals surface area (Å²) in [5.74, 6) is 0.705. The molecular formula is C12H17N3O. The van der Waals surface area contributed by atoms with E-state index in [9.17, 15) is 4.79 Å². The van der Waals surface area contributed by atoms with Gasteiger partial charge < -0.3 is 16.0 Å². The van der Waals surface area contributed by atoms with E-state index in [1.54, 1.807) is 17.0 Å². The topological polar surface area (TPSA) is 58.4 Å². The Morgan fingerprint density at radius 3 is 2.94 bits per heavy atom. The van der Waals surface area contributed by atoms with Crippen LogP contribution in [0.25, 0.3) is 0 Å². The molecule has 3 N–H and O–H groups in total. The SMILES string of the molecule is CN(CC1CC1)C(=O)Nc1cccc(N)c1. The molecule has 0 saturated heterocycles. The molecule has 0 unspecified atom stereocenters. The fraction of sp³-hybridized carbons (Fsp3) is 0.417. The Labute approximate surface area is 95.4 Å². The number of benzene rings is 1. The zero-order valence-electron chi connectivity index (χ0n) is 9.44. The predicted octanol–water partition coefficient (Wildman–Crippen LogP) is 2.14. The van der Waals surface area contributed by atoms with Gasteiger partial charge in [-0.15, -0.1) is 0 Å².